The number of rotatable bonds is 5. The van der Waals surface area contributed by atoms with Gasteiger partial charge in [0, 0.05) is 13.5 Å². The monoisotopic (exact) mass is 268 g/mol. The Morgan fingerprint density at radius 3 is 2.61 bits per heavy atom. The van der Waals surface area contributed by atoms with Crippen molar-refractivity contribution in [2.75, 3.05) is 0 Å². The van der Waals surface area contributed by atoms with Crippen LogP contribution in [0.1, 0.15) is 37.8 Å². The van der Waals surface area contributed by atoms with Gasteiger partial charge in [0.05, 0.1) is 5.25 Å². The molecule has 2 aromatic rings. The summed E-state index contributed by atoms with van der Waals surface area (Å²) in [4.78, 5) is 0. The number of hydrogen-bond donors (Lipinski definition) is 0. The van der Waals surface area contributed by atoms with Crippen molar-refractivity contribution in [2.24, 2.45) is 5.92 Å². The van der Waals surface area contributed by atoms with E-state index in [9.17, 15) is 0 Å². The van der Waals surface area contributed by atoms with Crippen molar-refractivity contribution in [3.05, 3.63) is 11.8 Å². The second-order valence-electron chi connectivity index (χ2n) is 4.46. The SMILES string of the molecule is Cc1nnc([C@@H](C)Sc2nnnn2CC(C)C)o1. The van der Waals surface area contributed by atoms with Crippen LogP contribution in [0.5, 0.6) is 0 Å². The van der Waals surface area contributed by atoms with Crippen molar-refractivity contribution in [2.45, 2.75) is 44.6 Å². The van der Waals surface area contributed by atoms with Crippen molar-refractivity contribution in [1.29, 1.82) is 0 Å². The Balaban J connectivity index is 2.07. The lowest BCUT2D eigenvalue weighted by atomic mass is 10.2. The lowest BCUT2D eigenvalue weighted by Gasteiger charge is -2.08. The van der Waals surface area contributed by atoms with Gasteiger partial charge in [-0.1, -0.05) is 25.6 Å². The van der Waals surface area contributed by atoms with Crippen molar-refractivity contribution in [3.63, 3.8) is 0 Å². The second kappa shape index (κ2) is 5.47. The van der Waals surface area contributed by atoms with E-state index in [4.69, 9.17) is 4.42 Å². The summed E-state index contributed by atoms with van der Waals surface area (Å²) in [6.07, 6.45) is 0. The van der Waals surface area contributed by atoms with Crippen LogP contribution >= 0.6 is 11.8 Å². The van der Waals surface area contributed by atoms with E-state index in [1.165, 1.54) is 11.8 Å². The van der Waals surface area contributed by atoms with Crippen LogP contribution in [-0.2, 0) is 6.54 Å². The van der Waals surface area contributed by atoms with Crippen LogP contribution in [0.3, 0.4) is 0 Å². The molecule has 0 spiro atoms. The van der Waals surface area contributed by atoms with Crippen molar-refractivity contribution in [1.82, 2.24) is 30.4 Å². The Bertz CT molecular complexity index is 508. The molecular weight excluding hydrogens is 252 g/mol. The quantitative estimate of drug-likeness (QED) is 0.765. The van der Waals surface area contributed by atoms with Gasteiger partial charge in [-0.05, 0) is 23.3 Å². The first-order chi connectivity index (χ1) is 8.56. The van der Waals surface area contributed by atoms with Crippen molar-refractivity contribution in [3.8, 4) is 0 Å². The molecular formula is C10H16N6OS. The molecule has 0 aliphatic rings. The lowest BCUT2D eigenvalue weighted by molar-refractivity contribution is 0.444. The van der Waals surface area contributed by atoms with Gasteiger partial charge in [-0.25, -0.2) is 4.68 Å². The predicted molar refractivity (Wildman–Crippen MR) is 66.0 cm³/mol. The van der Waals surface area contributed by atoms with Crippen LogP contribution in [-0.4, -0.2) is 30.4 Å². The van der Waals surface area contributed by atoms with E-state index < -0.39 is 0 Å². The molecule has 1 atom stereocenters. The molecule has 0 radical (unpaired) electrons. The highest BCUT2D eigenvalue weighted by Crippen LogP contribution is 2.32. The van der Waals surface area contributed by atoms with E-state index in [0.29, 0.717) is 17.7 Å². The number of nitrogens with zero attached hydrogens (tertiary/aromatic N) is 6. The zero-order valence-corrected chi connectivity index (χ0v) is 11.7. The number of thioether (sulfide) groups is 1. The predicted octanol–water partition coefficient (Wildman–Crippen LogP) is 1.87. The summed E-state index contributed by atoms with van der Waals surface area (Å²) in [5.74, 6) is 1.66. The zero-order valence-electron chi connectivity index (χ0n) is 10.9. The first-order valence-electron chi connectivity index (χ1n) is 5.79. The zero-order chi connectivity index (χ0) is 13.1. The van der Waals surface area contributed by atoms with Gasteiger partial charge in [0.25, 0.3) is 0 Å². The fraction of sp³-hybridized carbons (Fsp3) is 0.700. The third-order valence-electron chi connectivity index (χ3n) is 2.21. The number of aryl methyl sites for hydroxylation is 1. The van der Waals surface area contributed by atoms with Crippen LogP contribution in [0.15, 0.2) is 9.57 Å². The topological polar surface area (TPSA) is 82.5 Å². The van der Waals surface area contributed by atoms with Gasteiger partial charge >= 0.3 is 0 Å². The minimum atomic E-state index is 0.0307. The molecule has 0 bridgehead atoms. The van der Waals surface area contributed by atoms with Gasteiger partial charge in [-0.15, -0.1) is 15.3 Å². The normalized spacial score (nSPS) is 13.2. The maximum absolute atomic E-state index is 5.39. The number of hydrogen-bond acceptors (Lipinski definition) is 7. The smallest absolute Gasteiger partial charge is 0.229 e. The highest BCUT2D eigenvalue weighted by Gasteiger charge is 2.18. The molecule has 8 heteroatoms. The van der Waals surface area contributed by atoms with Gasteiger partial charge < -0.3 is 4.42 Å². The molecule has 0 amide bonds. The first-order valence-corrected chi connectivity index (χ1v) is 6.67. The molecule has 0 aliphatic heterocycles. The van der Waals surface area contributed by atoms with E-state index in [-0.39, 0.29) is 5.25 Å². The summed E-state index contributed by atoms with van der Waals surface area (Å²) in [7, 11) is 0. The van der Waals surface area contributed by atoms with Crippen LogP contribution in [0.25, 0.3) is 0 Å². The van der Waals surface area contributed by atoms with Gasteiger partial charge in [0.2, 0.25) is 16.9 Å². The minimum Gasteiger partial charge on any atom is -0.424 e. The van der Waals surface area contributed by atoms with E-state index in [0.717, 1.165) is 11.7 Å². The van der Waals surface area contributed by atoms with Crippen molar-refractivity contribution < 1.29 is 4.42 Å². The standard InChI is InChI=1S/C10H16N6OS/c1-6(2)5-16-10(13-14-15-16)18-7(3)9-12-11-8(4)17-9/h6-7H,5H2,1-4H3/t7-/m1/s1. The van der Waals surface area contributed by atoms with Crippen LogP contribution < -0.4 is 0 Å². The Morgan fingerprint density at radius 2 is 2.00 bits per heavy atom. The summed E-state index contributed by atoms with van der Waals surface area (Å²) >= 11 is 1.52. The lowest BCUT2D eigenvalue weighted by Crippen LogP contribution is -2.08. The molecule has 2 aromatic heterocycles. The molecule has 0 unspecified atom stereocenters. The van der Waals surface area contributed by atoms with Gasteiger partial charge in [-0.2, -0.15) is 0 Å². The Hall–Kier alpha value is -1.44. The molecule has 0 saturated carbocycles. The fourth-order valence-corrected chi connectivity index (χ4v) is 2.25. The van der Waals surface area contributed by atoms with E-state index >= 15 is 0 Å². The maximum atomic E-state index is 5.39. The molecule has 0 saturated heterocycles. The van der Waals surface area contributed by atoms with Gasteiger partial charge in [0.15, 0.2) is 0 Å². The molecule has 0 N–H and O–H groups in total. The highest BCUT2D eigenvalue weighted by atomic mass is 32.2. The largest absolute Gasteiger partial charge is 0.424 e. The summed E-state index contributed by atoms with van der Waals surface area (Å²) in [5, 5.41) is 20.3. The summed E-state index contributed by atoms with van der Waals surface area (Å²) in [6.45, 7) is 8.81. The van der Waals surface area contributed by atoms with E-state index in [1.807, 2.05) is 6.92 Å². The Morgan fingerprint density at radius 1 is 1.22 bits per heavy atom. The Kier molecular flexibility index (Phi) is 3.95. The molecule has 18 heavy (non-hydrogen) atoms. The van der Waals surface area contributed by atoms with E-state index in [2.05, 4.69) is 39.6 Å². The first kappa shape index (κ1) is 13.0. The maximum Gasteiger partial charge on any atom is 0.229 e. The molecule has 0 fully saturated rings. The average molecular weight is 268 g/mol. The molecule has 2 rings (SSSR count). The minimum absolute atomic E-state index is 0.0307. The van der Waals surface area contributed by atoms with Crippen LogP contribution in [0.4, 0.5) is 0 Å². The van der Waals surface area contributed by atoms with Crippen LogP contribution in [0.2, 0.25) is 0 Å². The fourth-order valence-electron chi connectivity index (χ4n) is 1.43. The summed E-state index contributed by atoms with van der Waals surface area (Å²) in [5.41, 5.74) is 0. The Labute approximate surface area is 109 Å². The van der Waals surface area contributed by atoms with Crippen LogP contribution in [0, 0.1) is 12.8 Å². The molecule has 0 aliphatic carbocycles. The molecule has 7 nitrogen and oxygen atoms in total. The summed E-state index contributed by atoms with van der Waals surface area (Å²) < 4.78 is 7.19. The van der Waals surface area contributed by atoms with Gasteiger partial charge in [0.1, 0.15) is 0 Å². The average Bonchev–Trinajstić information content (AvgIpc) is 2.88. The van der Waals surface area contributed by atoms with Gasteiger partial charge in [-0.3, -0.25) is 0 Å². The summed E-state index contributed by atoms with van der Waals surface area (Å²) in [6, 6.07) is 0. The van der Waals surface area contributed by atoms with Crippen molar-refractivity contribution >= 4 is 11.8 Å². The molecule has 98 valence electrons. The third-order valence-corrected chi connectivity index (χ3v) is 3.27. The number of aromatic nitrogens is 6. The van der Waals surface area contributed by atoms with E-state index in [1.54, 1.807) is 11.6 Å². The second-order valence-corrected chi connectivity index (χ2v) is 5.76. The highest BCUT2D eigenvalue weighted by molar-refractivity contribution is 7.99. The third kappa shape index (κ3) is 3.06. The molecule has 0 aromatic carbocycles. The molecule has 2 heterocycles. The number of tetrazole rings is 1.